The number of anilines is 1. The molecule has 3 N–H and O–H groups in total. The zero-order valence-electron chi connectivity index (χ0n) is 10.2. The standard InChI is InChI=1S/C12H17N5O/c13-11-3-1-2-9(15-11)7-16-4-5-17-10(8-16)6-14-12(17)18/h1-3,10H,4-8H2,(H2,13,15)(H,14,18). The highest BCUT2D eigenvalue weighted by atomic mass is 16.2. The van der Waals surface area contributed by atoms with Crippen molar-refractivity contribution in [2.75, 3.05) is 31.9 Å². The summed E-state index contributed by atoms with van der Waals surface area (Å²) >= 11 is 0. The molecule has 18 heavy (non-hydrogen) atoms. The Bertz CT molecular complexity index is 464. The minimum Gasteiger partial charge on any atom is -0.384 e. The third kappa shape index (κ3) is 2.11. The zero-order valence-corrected chi connectivity index (χ0v) is 10.2. The van der Waals surface area contributed by atoms with Crippen LogP contribution in [0.15, 0.2) is 18.2 Å². The van der Waals surface area contributed by atoms with Gasteiger partial charge in [-0.2, -0.15) is 0 Å². The van der Waals surface area contributed by atoms with Gasteiger partial charge in [0.2, 0.25) is 0 Å². The van der Waals surface area contributed by atoms with Crippen molar-refractivity contribution in [2.45, 2.75) is 12.6 Å². The van der Waals surface area contributed by atoms with E-state index >= 15 is 0 Å². The molecule has 3 rings (SSSR count). The minimum absolute atomic E-state index is 0.0710. The van der Waals surface area contributed by atoms with Gasteiger partial charge >= 0.3 is 6.03 Å². The van der Waals surface area contributed by atoms with Gasteiger partial charge in [0, 0.05) is 32.7 Å². The molecule has 96 valence electrons. The van der Waals surface area contributed by atoms with Crippen molar-refractivity contribution in [3.8, 4) is 0 Å². The molecule has 0 bridgehead atoms. The second-order valence-electron chi connectivity index (χ2n) is 4.82. The summed E-state index contributed by atoms with van der Waals surface area (Å²) in [5, 5.41) is 2.88. The molecule has 0 spiro atoms. The Hall–Kier alpha value is -1.82. The molecule has 1 unspecified atom stereocenters. The number of nitrogens with two attached hydrogens (primary N) is 1. The molecule has 2 aliphatic heterocycles. The van der Waals surface area contributed by atoms with Crippen LogP contribution >= 0.6 is 0 Å². The van der Waals surface area contributed by atoms with Gasteiger partial charge in [-0.25, -0.2) is 9.78 Å². The molecule has 6 heteroatoms. The Labute approximate surface area is 106 Å². The van der Waals surface area contributed by atoms with Gasteiger partial charge in [0.05, 0.1) is 11.7 Å². The molecule has 1 aromatic rings. The highest BCUT2D eigenvalue weighted by Gasteiger charge is 2.35. The van der Waals surface area contributed by atoms with Crippen molar-refractivity contribution in [3.05, 3.63) is 23.9 Å². The summed E-state index contributed by atoms with van der Waals surface area (Å²) in [6, 6.07) is 6.07. The summed E-state index contributed by atoms with van der Waals surface area (Å²) < 4.78 is 0. The van der Waals surface area contributed by atoms with E-state index in [9.17, 15) is 4.79 Å². The van der Waals surface area contributed by atoms with E-state index in [1.54, 1.807) is 6.07 Å². The fraction of sp³-hybridized carbons (Fsp3) is 0.500. The van der Waals surface area contributed by atoms with Crippen LogP contribution in [0.4, 0.5) is 10.6 Å². The fourth-order valence-corrected chi connectivity index (χ4v) is 2.63. The average Bonchev–Trinajstić information content (AvgIpc) is 2.71. The number of nitrogen functional groups attached to an aromatic ring is 1. The molecular formula is C12H17N5O. The number of urea groups is 1. The van der Waals surface area contributed by atoms with Crippen LogP contribution in [0.2, 0.25) is 0 Å². The summed E-state index contributed by atoms with van der Waals surface area (Å²) in [7, 11) is 0. The molecule has 1 atom stereocenters. The predicted octanol–water partition coefficient (Wildman–Crippen LogP) is -0.127. The molecule has 3 heterocycles. The molecule has 1 aromatic heterocycles. The summed E-state index contributed by atoms with van der Waals surface area (Å²) in [6.07, 6.45) is 0. The van der Waals surface area contributed by atoms with E-state index in [1.807, 2.05) is 17.0 Å². The van der Waals surface area contributed by atoms with Gasteiger partial charge in [0.15, 0.2) is 0 Å². The van der Waals surface area contributed by atoms with Crippen molar-refractivity contribution in [3.63, 3.8) is 0 Å². The summed E-state index contributed by atoms with van der Waals surface area (Å²) in [4.78, 5) is 20.0. The van der Waals surface area contributed by atoms with Crippen LogP contribution in [-0.2, 0) is 6.54 Å². The van der Waals surface area contributed by atoms with Crippen molar-refractivity contribution >= 4 is 11.8 Å². The molecule has 2 amide bonds. The minimum atomic E-state index is 0.0710. The SMILES string of the molecule is Nc1cccc(CN2CCN3C(=O)NCC3C2)n1. The first-order valence-corrected chi connectivity index (χ1v) is 6.20. The van der Waals surface area contributed by atoms with Gasteiger partial charge in [0.1, 0.15) is 5.82 Å². The number of hydrogen-bond donors (Lipinski definition) is 2. The summed E-state index contributed by atoms with van der Waals surface area (Å²) in [5.41, 5.74) is 6.66. The number of piperazine rings is 1. The van der Waals surface area contributed by atoms with Crippen LogP contribution in [0.1, 0.15) is 5.69 Å². The van der Waals surface area contributed by atoms with Crippen molar-refractivity contribution in [1.82, 2.24) is 20.1 Å². The maximum absolute atomic E-state index is 11.5. The van der Waals surface area contributed by atoms with Crippen LogP contribution in [0, 0.1) is 0 Å². The largest absolute Gasteiger partial charge is 0.384 e. The highest BCUT2D eigenvalue weighted by molar-refractivity contribution is 5.77. The normalized spacial score (nSPS) is 23.9. The quantitative estimate of drug-likeness (QED) is 0.763. The first-order valence-electron chi connectivity index (χ1n) is 6.20. The molecule has 2 saturated heterocycles. The Balaban J connectivity index is 1.64. The Morgan fingerprint density at radius 3 is 3.17 bits per heavy atom. The van der Waals surface area contributed by atoms with Crippen LogP contribution < -0.4 is 11.1 Å². The van der Waals surface area contributed by atoms with Crippen molar-refractivity contribution < 1.29 is 4.79 Å². The lowest BCUT2D eigenvalue weighted by Gasteiger charge is -2.36. The lowest BCUT2D eigenvalue weighted by Crippen LogP contribution is -2.51. The second-order valence-corrected chi connectivity index (χ2v) is 4.82. The summed E-state index contributed by atoms with van der Waals surface area (Å²) in [5.74, 6) is 0.559. The van der Waals surface area contributed by atoms with E-state index in [-0.39, 0.29) is 6.03 Å². The van der Waals surface area contributed by atoms with Gasteiger partial charge in [-0.1, -0.05) is 6.07 Å². The maximum Gasteiger partial charge on any atom is 0.317 e. The molecule has 0 saturated carbocycles. The molecular weight excluding hydrogens is 230 g/mol. The Morgan fingerprint density at radius 2 is 2.33 bits per heavy atom. The van der Waals surface area contributed by atoms with E-state index in [2.05, 4.69) is 15.2 Å². The average molecular weight is 247 g/mol. The lowest BCUT2D eigenvalue weighted by molar-refractivity contribution is 0.116. The van der Waals surface area contributed by atoms with Crippen LogP contribution in [0.25, 0.3) is 0 Å². The Kier molecular flexibility index (Phi) is 2.79. The van der Waals surface area contributed by atoms with Crippen molar-refractivity contribution in [2.24, 2.45) is 0 Å². The number of pyridine rings is 1. The number of aromatic nitrogens is 1. The van der Waals surface area contributed by atoms with E-state index in [0.29, 0.717) is 11.9 Å². The number of nitrogens with zero attached hydrogens (tertiary/aromatic N) is 3. The number of rotatable bonds is 2. The molecule has 0 radical (unpaired) electrons. The fourth-order valence-electron chi connectivity index (χ4n) is 2.63. The van der Waals surface area contributed by atoms with Gasteiger partial charge < -0.3 is 16.0 Å². The zero-order chi connectivity index (χ0) is 12.5. The Morgan fingerprint density at radius 1 is 1.44 bits per heavy atom. The van der Waals surface area contributed by atoms with Gasteiger partial charge in [-0.3, -0.25) is 4.90 Å². The van der Waals surface area contributed by atoms with E-state index in [4.69, 9.17) is 5.73 Å². The molecule has 2 aliphatic rings. The molecule has 2 fully saturated rings. The predicted molar refractivity (Wildman–Crippen MR) is 67.8 cm³/mol. The maximum atomic E-state index is 11.5. The number of fused-ring (bicyclic) bond motifs is 1. The van der Waals surface area contributed by atoms with Crippen molar-refractivity contribution in [1.29, 1.82) is 0 Å². The number of nitrogens with one attached hydrogen (secondary N) is 1. The number of carbonyl (C=O) groups excluding carboxylic acids is 1. The van der Waals surface area contributed by atoms with Crippen LogP contribution in [0.3, 0.4) is 0 Å². The number of amides is 2. The first-order chi connectivity index (χ1) is 8.72. The first kappa shape index (κ1) is 11.3. The monoisotopic (exact) mass is 247 g/mol. The number of hydrogen-bond acceptors (Lipinski definition) is 4. The molecule has 0 aliphatic carbocycles. The third-order valence-electron chi connectivity index (χ3n) is 3.53. The highest BCUT2D eigenvalue weighted by Crippen LogP contribution is 2.16. The molecule has 6 nitrogen and oxygen atoms in total. The molecule has 0 aromatic carbocycles. The lowest BCUT2D eigenvalue weighted by atomic mass is 10.2. The topological polar surface area (TPSA) is 74.5 Å². The van der Waals surface area contributed by atoms with E-state index in [0.717, 1.165) is 38.4 Å². The third-order valence-corrected chi connectivity index (χ3v) is 3.53. The van der Waals surface area contributed by atoms with E-state index < -0.39 is 0 Å². The van der Waals surface area contributed by atoms with Crippen LogP contribution in [0.5, 0.6) is 0 Å². The van der Waals surface area contributed by atoms with Gasteiger partial charge in [0.25, 0.3) is 0 Å². The summed E-state index contributed by atoms with van der Waals surface area (Å²) in [6.45, 7) is 4.12. The number of carbonyl (C=O) groups is 1. The van der Waals surface area contributed by atoms with Crippen LogP contribution in [-0.4, -0.2) is 53.0 Å². The van der Waals surface area contributed by atoms with Gasteiger partial charge in [-0.15, -0.1) is 0 Å². The van der Waals surface area contributed by atoms with Gasteiger partial charge in [-0.05, 0) is 12.1 Å². The van der Waals surface area contributed by atoms with E-state index in [1.165, 1.54) is 0 Å². The smallest absolute Gasteiger partial charge is 0.317 e. The second kappa shape index (κ2) is 4.45.